The predicted octanol–water partition coefficient (Wildman–Crippen LogP) is 3.90. The van der Waals surface area contributed by atoms with Crippen LogP contribution in [0.3, 0.4) is 0 Å². The highest BCUT2D eigenvalue weighted by atomic mass is 35.5. The van der Waals surface area contributed by atoms with E-state index in [1.165, 1.54) is 12.8 Å². The van der Waals surface area contributed by atoms with E-state index in [9.17, 15) is 5.11 Å². The molecule has 5 heteroatoms. The van der Waals surface area contributed by atoms with Crippen molar-refractivity contribution in [3.63, 3.8) is 0 Å². The van der Waals surface area contributed by atoms with Gasteiger partial charge in [0.2, 0.25) is 0 Å². The van der Waals surface area contributed by atoms with Crippen LogP contribution in [0.25, 0.3) is 0 Å². The first-order valence-electron chi connectivity index (χ1n) is 7.01. The number of aliphatic hydroxyl groups excluding tert-OH is 1. The molecule has 0 saturated heterocycles. The number of nitrogens with zero attached hydrogens (tertiary/aromatic N) is 1. The van der Waals surface area contributed by atoms with Crippen molar-refractivity contribution in [1.29, 1.82) is 0 Å². The zero-order valence-corrected chi connectivity index (χ0v) is 12.6. The Kier molecular flexibility index (Phi) is 4.20. The van der Waals surface area contributed by atoms with Gasteiger partial charge >= 0.3 is 0 Å². The van der Waals surface area contributed by atoms with Gasteiger partial charge in [-0.1, -0.05) is 47.3 Å². The van der Waals surface area contributed by atoms with Gasteiger partial charge in [0.05, 0.1) is 28.3 Å². The Morgan fingerprint density at radius 2 is 1.85 bits per heavy atom. The fourth-order valence-corrected chi connectivity index (χ4v) is 3.87. The fraction of sp³-hybridized carbons (Fsp3) is 0.533. The Morgan fingerprint density at radius 1 is 1.20 bits per heavy atom. The first-order valence-corrected chi connectivity index (χ1v) is 7.77. The van der Waals surface area contributed by atoms with Crippen LogP contribution in [-0.2, 0) is 4.84 Å². The van der Waals surface area contributed by atoms with Crippen LogP contribution in [0.1, 0.15) is 31.2 Å². The average molecular weight is 314 g/mol. The zero-order chi connectivity index (χ0) is 14.1. The van der Waals surface area contributed by atoms with Crippen LogP contribution in [0.2, 0.25) is 10.0 Å². The number of halogens is 2. The van der Waals surface area contributed by atoms with Gasteiger partial charge in [-0.05, 0) is 30.9 Å². The fourth-order valence-electron chi connectivity index (χ4n) is 3.28. The molecular weight excluding hydrogens is 297 g/mol. The number of hydrogen-bond acceptors (Lipinski definition) is 3. The van der Waals surface area contributed by atoms with Crippen LogP contribution in [0.5, 0.6) is 0 Å². The number of aliphatic hydroxyl groups is 1. The van der Waals surface area contributed by atoms with E-state index in [-0.39, 0.29) is 18.6 Å². The van der Waals surface area contributed by atoms with E-state index in [0.29, 0.717) is 27.2 Å². The molecular formula is C15H17Cl2NO2. The molecule has 2 atom stereocenters. The van der Waals surface area contributed by atoms with Crippen molar-refractivity contribution in [3.8, 4) is 0 Å². The predicted molar refractivity (Wildman–Crippen MR) is 80.4 cm³/mol. The van der Waals surface area contributed by atoms with Gasteiger partial charge in [-0.3, -0.25) is 0 Å². The number of oxime groups is 1. The summed E-state index contributed by atoms with van der Waals surface area (Å²) < 4.78 is 0. The van der Waals surface area contributed by atoms with Gasteiger partial charge in [-0.25, -0.2) is 0 Å². The molecule has 1 aromatic carbocycles. The van der Waals surface area contributed by atoms with Crippen molar-refractivity contribution in [2.75, 3.05) is 6.61 Å². The van der Waals surface area contributed by atoms with Gasteiger partial charge in [0, 0.05) is 5.56 Å². The third-order valence-corrected chi connectivity index (χ3v) is 4.93. The van der Waals surface area contributed by atoms with Crippen LogP contribution in [0, 0.1) is 11.8 Å². The van der Waals surface area contributed by atoms with Crippen molar-refractivity contribution < 1.29 is 9.94 Å². The highest BCUT2D eigenvalue weighted by Gasteiger charge is 2.41. The Labute approximate surface area is 128 Å². The summed E-state index contributed by atoms with van der Waals surface area (Å²) in [6, 6.07) is 5.36. The standard InChI is InChI=1S/C15H17Cl2NO2/c16-11-6-3-7-12(17)13(11)14-10(8-19)15(20-18-14)9-4-1-2-5-9/h3,6-7,9-10,15,19H,1-2,4-5,8H2. The summed E-state index contributed by atoms with van der Waals surface area (Å²) in [5, 5.41) is 15.1. The summed E-state index contributed by atoms with van der Waals surface area (Å²) in [6.45, 7) is 0.00154. The lowest BCUT2D eigenvalue weighted by Crippen LogP contribution is -2.32. The maximum absolute atomic E-state index is 9.76. The molecule has 0 spiro atoms. The summed E-state index contributed by atoms with van der Waals surface area (Å²) in [5.74, 6) is 0.324. The van der Waals surface area contributed by atoms with Crippen molar-refractivity contribution >= 4 is 28.9 Å². The molecule has 0 radical (unpaired) electrons. The molecule has 2 aliphatic rings. The monoisotopic (exact) mass is 313 g/mol. The topological polar surface area (TPSA) is 41.8 Å². The normalized spacial score (nSPS) is 26.6. The van der Waals surface area contributed by atoms with Crippen LogP contribution < -0.4 is 0 Å². The Bertz CT molecular complexity index is 506. The lowest BCUT2D eigenvalue weighted by Gasteiger charge is -2.22. The van der Waals surface area contributed by atoms with E-state index in [1.807, 2.05) is 0 Å². The maximum Gasteiger partial charge on any atom is 0.141 e. The van der Waals surface area contributed by atoms with Crippen molar-refractivity contribution in [1.82, 2.24) is 0 Å². The molecule has 0 bridgehead atoms. The molecule has 1 saturated carbocycles. The average Bonchev–Trinajstić information content (AvgIpc) is 3.06. The molecule has 0 amide bonds. The highest BCUT2D eigenvalue weighted by Crippen LogP contribution is 2.39. The Morgan fingerprint density at radius 3 is 2.45 bits per heavy atom. The molecule has 20 heavy (non-hydrogen) atoms. The summed E-state index contributed by atoms with van der Waals surface area (Å²) in [7, 11) is 0. The third kappa shape index (κ3) is 2.43. The highest BCUT2D eigenvalue weighted by molar-refractivity contribution is 6.40. The van der Waals surface area contributed by atoms with Gasteiger partial charge in [-0.15, -0.1) is 0 Å². The lowest BCUT2D eigenvalue weighted by atomic mass is 9.85. The second-order valence-corrected chi connectivity index (χ2v) is 6.29. The van der Waals surface area contributed by atoms with E-state index < -0.39 is 0 Å². The molecule has 1 N–H and O–H groups in total. The van der Waals surface area contributed by atoms with E-state index in [1.54, 1.807) is 18.2 Å². The zero-order valence-electron chi connectivity index (χ0n) is 11.1. The summed E-state index contributed by atoms with van der Waals surface area (Å²) in [5.41, 5.74) is 1.37. The van der Waals surface area contributed by atoms with Crippen molar-refractivity contribution in [3.05, 3.63) is 33.8 Å². The molecule has 3 rings (SSSR count). The molecule has 3 nitrogen and oxygen atoms in total. The minimum atomic E-state index is -0.143. The van der Waals surface area contributed by atoms with E-state index in [4.69, 9.17) is 28.0 Å². The SMILES string of the molecule is OCC1C(c2c(Cl)cccc2Cl)=NOC1C1CCCC1. The largest absolute Gasteiger partial charge is 0.396 e. The molecule has 0 aromatic heterocycles. The first-order chi connectivity index (χ1) is 9.72. The molecule has 1 fully saturated rings. The van der Waals surface area contributed by atoms with E-state index >= 15 is 0 Å². The van der Waals surface area contributed by atoms with Crippen LogP contribution in [-0.4, -0.2) is 23.5 Å². The van der Waals surface area contributed by atoms with Gasteiger partial charge in [0.25, 0.3) is 0 Å². The summed E-state index contributed by atoms with van der Waals surface area (Å²) in [6.07, 6.45) is 4.68. The smallest absolute Gasteiger partial charge is 0.141 e. The molecule has 2 unspecified atom stereocenters. The van der Waals surface area contributed by atoms with Crippen LogP contribution >= 0.6 is 23.2 Å². The van der Waals surface area contributed by atoms with Gasteiger partial charge in [-0.2, -0.15) is 0 Å². The molecule has 1 aliphatic heterocycles. The number of benzene rings is 1. The summed E-state index contributed by atoms with van der Waals surface area (Å²) in [4.78, 5) is 5.63. The lowest BCUT2D eigenvalue weighted by molar-refractivity contribution is 0.00653. The molecule has 1 aromatic rings. The molecule has 1 aliphatic carbocycles. The van der Waals surface area contributed by atoms with Crippen molar-refractivity contribution in [2.24, 2.45) is 17.0 Å². The summed E-state index contributed by atoms with van der Waals surface area (Å²) >= 11 is 12.5. The first kappa shape index (κ1) is 14.2. The molecule has 1 heterocycles. The minimum absolute atomic E-state index is 0.00154. The van der Waals surface area contributed by atoms with Crippen LogP contribution in [0.15, 0.2) is 23.4 Å². The minimum Gasteiger partial charge on any atom is -0.396 e. The number of rotatable bonds is 3. The van der Waals surface area contributed by atoms with Gasteiger partial charge in [0.15, 0.2) is 0 Å². The van der Waals surface area contributed by atoms with Crippen molar-refractivity contribution in [2.45, 2.75) is 31.8 Å². The Hall–Kier alpha value is -0.770. The quantitative estimate of drug-likeness (QED) is 0.919. The van der Waals surface area contributed by atoms with Gasteiger partial charge < -0.3 is 9.94 Å². The molecule has 108 valence electrons. The van der Waals surface area contributed by atoms with Crippen LogP contribution in [0.4, 0.5) is 0 Å². The van der Waals surface area contributed by atoms with E-state index in [0.717, 1.165) is 12.8 Å². The Balaban J connectivity index is 1.90. The second kappa shape index (κ2) is 5.92. The maximum atomic E-state index is 9.76. The number of hydrogen-bond donors (Lipinski definition) is 1. The van der Waals surface area contributed by atoms with E-state index in [2.05, 4.69) is 5.16 Å². The second-order valence-electron chi connectivity index (χ2n) is 5.48. The van der Waals surface area contributed by atoms with Gasteiger partial charge in [0.1, 0.15) is 6.10 Å². The third-order valence-electron chi connectivity index (χ3n) is 4.30.